The number of benzene rings is 2. The normalized spacial score (nSPS) is 12.5. The van der Waals surface area contributed by atoms with Gasteiger partial charge >= 0.3 is 6.18 Å². The predicted molar refractivity (Wildman–Crippen MR) is 84.9 cm³/mol. The molecule has 0 fully saturated rings. The van der Waals surface area contributed by atoms with Gasteiger partial charge < -0.3 is 10.1 Å². The molecule has 1 atom stereocenters. The van der Waals surface area contributed by atoms with Crippen LogP contribution in [0, 0.1) is 0 Å². The van der Waals surface area contributed by atoms with Crippen molar-refractivity contribution in [2.45, 2.75) is 19.1 Å². The van der Waals surface area contributed by atoms with E-state index in [9.17, 15) is 18.0 Å². The van der Waals surface area contributed by atoms with Crippen molar-refractivity contribution in [3.8, 4) is 5.75 Å². The second-order valence-electron chi connectivity index (χ2n) is 5.16. The second-order valence-corrected chi connectivity index (χ2v) is 5.59. The zero-order chi connectivity index (χ0) is 17.7. The molecule has 1 N–H and O–H groups in total. The minimum absolute atomic E-state index is 0.245. The van der Waals surface area contributed by atoms with Crippen LogP contribution in [0.15, 0.2) is 48.5 Å². The Morgan fingerprint density at radius 3 is 2.50 bits per heavy atom. The third kappa shape index (κ3) is 5.16. The molecule has 3 nitrogen and oxygen atoms in total. The van der Waals surface area contributed by atoms with Gasteiger partial charge in [0, 0.05) is 5.02 Å². The van der Waals surface area contributed by atoms with E-state index in [1.54, 1.807) is 31.2 Å². The first-order valence-electron chi connectivity index (χ1n) is 7.10. The molecule has 2 rings (SSSR count). The Kier molecular flexibility index (Phi) is 5.72. The first-order valence-corrected chi connectivity index (χ1v) is 7.48. The number of halogens is 4. The molecule has 0 saturated heterocycles. The highest BCUT2D eigenvalue weighted by molar-refractivity contribution is 6.30. The zero-order valence-electron chi connectivity index (χ0n) is 12.7. The summed E-state index contributed by atoms with van der Waals surface area (Å²) < 4.78 is 43.4. The molecule has 0 radical (unpaired) electrons. The maximum Gasteiger partial charge on any atom is 0.416 e. The van der Waals surface area contributed by atoms with Crippen LogP contribution in [0.5, 0.6) is 5.75 Å². The summed E-state index contributed by atoms with van der Waals surface area (Å²) in [5.74, 6) is 0.0381. The maximum atomic E-state index is 12.7. The van der Waals surface area contributed by atoms with E-state index in [2.05, 4.69) is 5.32 Å². The van der Waals surface area contributed by atoms with E-state index >= 15 is 0 Å². The van der Waals surface area contributed by atoms with E-state index < -0.39 is 23.7 Å². The van der Waals surface area contributed by atoms with Gasteiger partial charge in [-0.15, -0.1) is 0 Å². The zero-order valence-corrected chi connectivity index (χ0v) is 13.5. The van der Waals surface area contributed by atoms with Crippen LogP contribution in [0.2, 0.25) is 5.02 Å². The van der Waals surface area contributed by atoms with Crippen molar-refractivity contribution < 1.29 is 22.7 Å². The lowest BCUT2D eigenvalue weighted by atomic mass is 10.0. The fourth-order valence-corrected chi connectivity index (χ4v) is 2.16. The molecule has 0 spiro atoms. The topological polar surface area (TPSA) is 38.3 Å². The summed E-state index contributed by atoms with van der Waals surface area (Å²) in [6, 6.07) is 10.8. The number of hydrogen-bond donors (Lipinski definition) is 1. The molecule has 0 bridgehead atoms. The largest absolute Gasteiger partial charge is 0.484 e. The number of amides is 1. The summed E-state index contributed by atoms with van der Waals surface area (Å²) in [7, 11) is 0. The monoisotopic (exact) mass is 357 g/mol. The summed E-state index contributed by atoms with van der Waals surface area (Å²) in [5.41, 5.74) is -0.386. The number of carbonyl (C=O) groups excluding carboxylic acids is 1. The van der Waals surface area contributed by atoms with E-state index in [4.69, 9.17) is 16.3 Å². The van der Waals surface area contributed by atoms with Crippen molar-refractivity contribution in [2.75, 3.05) is 6.61 Å². The Hall–Kier alpha value is -2.21. The molecule has 0 aliphatic rings. The summed E-state index contributed by atoms with van der Waals surface area (Å²) >= 11 is 5.74. The van der Waals surface area contributed by atoms with Gasteiger partial charge in [0.2, 0.25) is 0 Å². The van der Waals surface area contributed by atoms with E-state index in [1.165, 1.54) is 12.1 Å². The molecule has 2 aromatic carbocycles. The Morgan fingerprint density at radius 2 is 1.88 bits per heavy atom. The van der Waals surface area contributed by atoms with Crippen LogP contribution in [-0.2, 0) is 11.0 Å². The number of carbonyl (C=O) groups is 1. The smallest absolute Gasteiger partial charge is 0.416 e. The van der Waals surface area contributed by atoms with Crippen LogP contribution in [0.4, 0.5) is 13.2 Å². The minimum Gasteiger partial charge on any atom is -0.484 e. The van der Waals surface area contributed by atoms with Gasteiger partial charge in [0.05, 0.1) is 11.6 Å². The number of nitrogens with one attached hydrogen (secondary N) is 1. The third-order valence-corrected chi connectivity index (χ3v) is 3.53. The number of alkyl halides is 3. The lowest BCUT2D eigenvalue weighted by Gasteiger charge is -2.16. The van der Waals surface area contributed by atoms with E-state index in [1.807, 2.05) is 0 Å². The lowest BCUT2D eigenvalue weighted by Crippen LogP contribution is -2.31. The van der Waals surface area contributed by atoms with Gasteiger partial charge in [-0.05, 0) is 48.9 Å². The van der Waals surface area contributed by atoms with Crippen LogP contribution in [0.3, 0.4) is 0 Å². The van der Waals surface area contributed by atoms with Gasteiger partial charge in [-0.2, -0.15) is 13.2 Å². The highest BCUT2D eigenvalue weighted by Crippen LogP contribution is 2.30. The summed E-state index contributed by atoms with van der Waals surface area (Å²) in [6.07, 6.45) is -4.42. The van der Waals surface area contributed by atoms with Crippen LogP contribution >= 0.6 is 11.6 Å². The van der Waals surface area contributed by atoms with Crippen LogP contribution in [0.1, 0.15) is 24.1 Å². The van der Waals surface area contributed by atoms with Crippen molar-refractivity contribution in [2.24, 2.45) is 0 Å². The van der Waals surface area contributed by atoms with E-state index in [0.717, 1.165) is 12.1 Å². The molecule has 0 heterocycles. The van der Waals surface area contributed by atoms with Crippen molar-refractivity contribution >= 4 is 17.5 Å². The van der Waals surface area contributed by atoms with Gasteiger partial charge in [0.25, 0.3) is 5.91 Å². The number of rotatable bonds is 5. The molecule has 0 aliphatic heterocycles. The van der Waals surface area contributed by atoms with Gasteiger partial charge in [-0.25, -0.2) is 0 Å². The molecule has 0 aromatic heterocycles. The number of hydrogen-bond acceptors (Lipinski definition) is 2. The fraction of sp³-hybridized carbons (Fsp3) is 0.235. The van der Waals surface area contributed by atoms with Gasteiger partial charge in [0.1, 0.15) is 5.75 Å². The molecule has 1 amide bonds. The molecule has 0 aliphatic carbocycles. The Balaban J connectivity index is 1.92. The third-order valence-electron chi connectivity index (χ3n) is 3.28. The molecule has 1 unspecified atom stereocenters. The van der Waals surface area contributed by atoms with Crippen molar-refractivity contribution in [3.63, 3.8) is 0 Å². The quantitative estimate of drug-likeness (QED) is 0.848. The minimum atomic E-state index is -4.42. The molecule has 128 valence electrons. The van der Waals surface area contributed by atoms with Gasteiger partial charge in [-0.1, -0.05) is 23.7 Å². The molecule has 0 saturated carbocycles. The Morgan fingerprint density at radius 1 is 1.21 bits per heavy atom. The first-order chi connectivity index (χ1) is 11.3. The lowest BCUT2D eigenvalue weighted by molar-refractivity contribution is -0.137. The highest BCUT2D eigenvalue weighted by atomic mass is 35.5. The molecular weight excluding hydrogens is 343 g/mol. The van der Waals surface area contributed by atoms with Crippen LogP contribution < -0.4 is 10.1 Å². The average molecular weight is 358 g/mol. The SMILES string of the molecule is CC(NC(=O)COc1ccc(Cl)cc1)c1cccc(C(F)(F)F)c1. The number of ether oxygens (including phenoxy) is 1. The molecule has 24 heavy (non-hydrogen) atoms. The molecule has 7 heteroatoms. The average Bonchev–Trinajstić information content (AvgIpc) is 2.53. The highest BCUT2D eigenvalue weighted by Gasteiger charge is 2.30. The summed E-state index contributed by atoms with van der Waals surface area (Å²) in [6.45, 7) is 1.36. The van der Waals surface area contributed by atoms with E-state index in [-0.39, 0.29) is 6.61 Å². The first kappa shape index (κ1) is 18.1. The fourth-order valence-electron chi connectivity index (χ4n) is 2.03. The summed E-state index contributed by atoms with van der Waals surface area (Å²) in [5, 5.41) is 3.15. The maximum absolute atomic E-state index is 12.7. The molecular formula is C17H15ClF3NO2. The van der Waals surface area contributed by atoms with Crippen molar-refractivity contribution in [3.05, 3.63) is 64.7 Å². The van der Waals surface area contributed by atoms with E-state index in [0.29, 0.717) is 16.3 Å². The summed E-state index contributed by atoms with van der Waals surface area (Å²) in [4.78, 5) is 11.9. The van der Waals surface area contributed by atoms with Crippen molar-refractivity contribution in [1.82, 2.24) is 5.32 Å². The van der Waals surface area contributed by atoms with Crippen LogP contribution in [0.25, 0.3) is 0 Å². The predicted octanol–water partition coefficient (Wildman–Crippen LogP) is 4.62. The molecule has 2 aromatic rings. The Bertz CT molecular complexity index is 702. The Labute approximate surface area is 142 Å². The van der Waals surface area contributed by atoms with Crippen molar-refractivity contribution in [1.29, 1.82) is 0 Å². The van der Waals surface area contributed by atoms with Crippen LogP contribution in [-0.4, -0.2) is 12.5 Å². The standard InChI is InChI=1S/C17H15ClF3NO2/c1-11(12-3-2-4-13(9-12)17(19,20)21)22-16(23)10-24-15-7-5-14(18)6-8-15/h2-9,11H,10H2,1H3,(H,22,23). The van der Waals surface area contributed by atoms with Gasteiger partial charge in [0.15, 0.2) is 6.61 Å². The second kappa shape index (κ2) is 7.57. The van der Waals surface area contributed by atoms with Gasteiger partial charge in [-0.3, -0.25) is 4.79 Å².